The monoisotopic (exact) mass is 496 g/mol. The fraction of sp³-hybridized carbons (Fsp3) is 0.192. The molecule has 0 fully saturated rings. The Morgan fingerprint density at radius 3 is 2.36 bits per heavy atom. The number of pyridine rings is 2. The molecule has 5 rings (SSSR count). The highest BCUT2D eigenvalue weighted by Gasteiger charge is 2.35. The summed E-state index contributed by atoms with van der Waals surface area (Å²) in [5.41, 5.74) is 1.81. The fourth-order valence-electron chi connectivity index (χ4n) is 4.52. The number of aromatic nitrogens is 2. The van der Waals surface area contributed by atoms with Gasteiger partial charge in [0.25, 0.3) is 11.5 Å². The van der Waals surface area contributed by atoms with Crippen LogP contribution in [0.1, 0.15) is 39.9 Å². The number of alkyl halides is 3. The smallest absolute Gasteiger partial charge is 0.355 e. The first-order valence-corrected chi connectivity index (χ1v) is 11.3. The van der Waals surface area contributed by atoms with Gasteiger partial charge in [-0.1, -0.05) is 0 Å². The molecule has 0 bridgehead atoms. The molecule has 6 nitrogen and oxygen atoms in total. The molecular weight excluding hydrogens is 476 g/mol. The van der Waals surface area contributed by atoms with E-state index in [1.807, 2.05) is 0 Å². The molecule has 2 aromatic carbocycles. The van der Waals surface area contributed by atoms with Crippen molar-refractivity contribution in [2.75, 3.05) is 10.6 Å². The van der Waals surface area contributed by atoms with Crippen LogP contribution in [0.4, 0.5) is 34.6 Å². The maximum atomic E-state index is 13.3. The minimum absolute atomic E-state index is 0.114. The summed E-state index contributed by atoms with van der Waals surface area (Å²) in [6, 6.07) is 10.1. The number of aromatic amines is 1. The van der Waals surface area contributed by atoms with Gasteiger partial charge in [0, 0.05) is 28.5 Å². The number of rotatable bonds is 4. The van der Waals surface area contributed by atoms with Crippen molar-refractivity contribution in [1.82, 2.24) is 9.97 Å². The molecule has 1 aliphatic rings. The molecule has 2 heterocycles. The van der Waals surface area contributed by atoms with E-state index < -0.39 is 29.0 Å². The number of amides is 1. The third-order valence-corrected chi connectivity index (χ3v) is 6.18. The summed E-state index contributed by atoms with van der Waals surface area (Å²) >= 11 is 0. The molecular formula is C26H20F4N4O2. The number of H-pyrrole nitrogens is 1. The second kappa shape index (κ2) is 9.10. The molecule has 10 heteroatoms. The molecule has 36 heavy (non-hydrogen) atoms. The molecule has 0 aliphatic heterocycles. The zero-order valence-electron chi connectivity index (χ0n) is 18.8. The number of carbonyl (C=O) groups excluding carboxylic acids is 1. The van der Waals surface area contributed by atoms with Crippen molar-refractivity contribution in [3.05, 3.63) is 93.2 Å². The van der Waals surface area contributed by atoms with Gasteiger partial charge in [-0.05, 0) is 79.8 Å². The van der Waals surface area contributed by atoms with Gasteiger partial charge >= 0.3 is 6.18 Å². The summed E-state index contributed by atoms with van der Waals surface area (Å²) in [4.78, 5) is 32.1. The number of benzene rings is 2. The van der Waals surface area contributed by atoms with E-state index in [2.05, 4.69) is 20.6 Å². The number of hydrogen-bond donors (Lipinski definition) is 3. The van der Waals surface area contributed by atoms with Gasteiger partial charge in [0.05, 0.1) is 16.8 Å². The number of anilines is 3. The number of nitrogens with zero attached hydrogens (tertiary/aromatic N) is 1. The molecule has 4 aromatic rings. The van der Waals surface area contributed by atoms with Gasteiger partial charge in [0.1, 0.15) is 11.5 Å². The molecule has 0 spiro atoms. The fourth-order valence-corrected chi connectivity index (χ4v) is 4.52. The first-order valence-electron chi connectivity index (χ1n) is 11.3. The minimum Gasteiger partial charge on any atom is -0.355 e. The maximum absolute atomic E-state index is 13.3. The topological polar surface area (TPSA) is 86.9 Å². The van der Waals surface area contributed by atoms with E-state index in [4.69, 9.17) is 0 Å². The average Bonchev–Trinajstić information content (AvgIpc) is 2.85. The molecule has 0 radical (unpaired) electrons. The van der Waals surface area contributed by atoms with Crippen LogP contribution in [0, 0.1) is 5.82 Å². The van der Waals surface area contributed by atoms with Gasteiger partial charge in [0.2, 0.25) is 0 Å². The SMILES string of the molecule is O=C(Nc1ccc(Nc2ccnc3[nH]c(=O)c4c(c23)CCCC4)cc1)c1ccc(F)cc1C(F)(F)F. The van der Waals surface area contributed by atoms with E-state index in [0.717, 1.165) is 53.6 Å². The Hall–Kier alpha value is -4.21. The van der Waals surface area contributed by atoms with Gasteiger partial charge < -0.3 is 15.6 Å². The van der Waals surface area contributed by atoms with E-state index >= 15 is 0 Å². The van der Waals surface area contributed by atoms with Gasteiger partial charge in [-0.3, -0.25) is 9.59 Å². The third kappa shape index (κ3) is 4.53. The van der Waals surface area contributed by atoms with E-state index in [1.165, 1.54) is 12.1 Å². The highest BCUT2D eigenvalue weighted by Crippen LogP contribution is 2.34. The van der Waals surface area contributed by atoms with Crippen molar-refractivity contribution in [3.63, 3.8) is 0 Å². The maximum Gasteiger partial charge on any atom is 0.417 e. The van der Waals surface area contributed by atoms with Crippen LogP contribution in [0.3, 0.4) is 0 Å². The molecule has 0 saturated heterocycles. The van der Waals surface area contributed by atoms with Crippen molar-refractivity contribution in [2.24, 2.45) is 0 Å². The van der Waals surface area contributed by atoms with Crippen LogP contribution in [0.15, 0.2) is 59.5 Å². The first-order chi connectivity index (χ1) is 17.2. The largest absolute Gasteiger partial charge is 0.417 e. The highest BCUT2D eigenvalue weighted by atomic mass is 19.4. The van der Waals surface area contributed by atoms with Crippen molar-refractivity contribution < 1.29 is 22.4 Å². The summed E-state index contributed by atoms with van der Waals surface area (Å²) in [7, 11) is 0. The lowest BCUT2D eigenvalue weighted by molar-refractivity contribution is -0.138. The van der Waals surface area contributed by atoms with Crippen molar-refractivity contribution in [2.45, 2.75) is 31.9 Å². The second-order valence-electron chi connectivity index (χ2n) is 8.54. The number of hydrogen-bond acceptors (Lipinski definition) is 4. The van der Waals surface area contributed by atoms with Crippen LogP contribution in [0.5, 0.6) is 0 Å². The Balaban J connectivity index is 1.39. The van der Waals surface area contributed by atoms with E-state index in [0.29, 0.717) is 23.8 Å². The van der Waals surface area contributed by atoms with Gasteiger partial charge in [-0.2, -0.15) is 13.2 Å². The Morgan fingerprint density at radius 1 is 0.944 bits per heavy atom. The van der Waals surface area contributed by atoms with Crippen molar-refractivity contribution in [1.29, 1.82) is 0 Å². The lowest BCUT2D eigenvalue weighted by Crippen LogP contribution is -2.20. The van der Waals surface area contributed by atoms with E-state index in [9.17, 15) is 27.2 Å². The van der Waals surface area contributed by atoms with Crippen LogP contribution in [-0.2, 0) is 19.0 Å². The van der Waals surface area contributed by atoms with Crippen LogP contribution >= 0.6 is 0 Å². The average molecular weight is 496 g/mol. The van der Waals surface area contributed by atoms with Crippen LogP contribution in [0.25, 0.3) is 11.0 Å². The third-order valence-electron chi connectivity index (χ3n) is 6.18. The lowest BCUT2D eigenvalue weighted by Gasteiger charge is -2.19. The molecule has 0 atom stereocenters. The number of fused-ring (bicyclic) bond motifs is 3. The Labute approximate surface area is 202 Å². The normalized spacial score (nSPS) is 13.3. The quantitative estimate of drug-likeness (QED) is 0.305. The summed E-state index contributed by atoms with van der Waals surface area (Å²) in [6.45, 7) is 0. The summed E-state index contributed by atoms with van der Waals surface area (Å²) in [6.07, 6.45) is 0.154. The van der Waals surface area contributed by atoms with Crippen LogP contribution in [0.2, 0.25) is 0 Å². The minimum atomic E-state index is -4.88. The zero-order chi connectivity index (χ0) is 25.4. The standard InChI is InChI=1S/C26H20F4N4O2/c27-14-5-10-19(20(13-14)26(28,29)30)25(36)33-16-8-6-15(7-9-16)32-21-11-12-31-23-22(21)17-3-1-2-4-18(17)24(35)34-23/h5-13H,1-4H2,(H,33,36)(H2,31,32,34,35). The van der Waals surface area contributed by atoms with E-state index in [1.54, 1.807) is 24.4 Å². The van der Waals surface area contributed by atoms with Gasteiger partial charge in [0.15, 0.2) is 0 Å². The molecule has 184 valence electrons. The Morgan fingerprint density at radius 2 is 1.64 bits per heavy atom. The van der Waals surface area contributed by atoms with E-state index in [-0.39, 0.29) is 11.2 Å². The molecule has 3 N–H and O–H groups in total. The van der Waals surface area contributed by atoms with Crippen molar-refractivity contribution in [3.8, 4) is 0 Å². The molecule has 0 saturated carbocycles. The van der Waals surface area contributed by atoms with Crippen molar-refractivity contribution >= 4 is 34.0 Å². The summed E-state index contributed by atoms with van der Waals surface area (Å²) in [5, 5.41) is 6.57. The van der Waals surface area contributed by atoms with Gasteiger partial charge in [-0.25, -0.2) is 9.37 Å². The number of nitrogens with one attached hydrogen (secondary N) is 3. The summed E-state index contributed by atoms with van der Waals surface area (Å²) in [5.74, 6) is -2.08. The van der Waals surface area contributed by atoms with Crippen LogP contribution < -0.4 is 16.2 Å². The van der Waals surface area contributed by atoms with Gasteiger partial charge in [-0.15, -0.1) is 0 Å². The second-order valence-corrected chi connectivity index (χ2v) is 8.54. The predicted molar refractivity (Wildman–Crippen MR) is 128 cm³/mol. The summed E-state index contributed by atoms with van der Waals surface area (Å²) < 4.78 is 53.1. The Kier molecular flexibility index (Phi) is 5.95. The predicted octanol–water partition coefficient (Wildman–Crippen LogP) is 5.96. The highest BCUT2D eigenvalue weighted by molar-refractivity contribution is 6.05. The Bertz CT molecular complexity index is 1530. The molecule has 0 unspecified atom stereocenters. The number of carbonyl (C=O) groups is 1. The molecule has 1 aliphatic carbocycles. The number of halogens is 4. The van der Waals surface area contributed by atoms with Crippen LogP contribution in [-0.4, -0.2) is 15.9 Å². The lowest BCUT2D eigenvalue weighted by atomic mass is 9.90. The zero-order valence-corrected chi connectivity index (χ0v) is 18.8. The molecule has 2 aromatic heterocycles. The number of aryl methyl sites for hydroxylation is 1. The molecule has 1 amide bonds. The first kappa shape index (κ1) is 23.5.